The van der Waals surface area contributed by atoms with Crippen LogP contribution in [0.15, 0.2) is 76.0 Å². The first-order chi connectivity index (χ1) is 12.0. The van der Waals surface area contributed by atoms with Crippen LogP contribution in [0, 0.1) is 0 Å². The molecule has 0 aliphatic carbocycles. The molecular formula is C19H17NO4S. The molecule has 0 bridgehead atoms. The average molecular weight is 355 g/mol. The van der Waals surface area contributed by atoms with E-state index in [1.165, 1.54) is 12.1 Å². The van der Waals surface area contributed by atoms with Gasteiger partial charge in [-0.25, -0.2) is 13.1 Å². The summed E-state index contributed by atoms with van der Waals surface area (Å²) < 4.78 is 33.1. The molecule has 2 aromatic carbocycles. The Labute approximate surface area is 146 Å². The van der Waals surface area contributed by atoms with Gasteiger partial charge in [0.25, 0.3) is 0 Å². The standard InChI is InChI=1S/C19H17NO4S/c1-14(15-5-3-2-4-6-15)20-25(22,23)18-10-7-16(8-11-18)19-12-9-17(13-21)24-19/h2-14,20H,1H3. The normalized spacial score (nSPS) is 12.7. The van der Waals surface area contributed by atoms with Gasteiger partial charge in [-0.2, -0.15) is 0 Å². The molecule has 1 heterocycles. The molecule has 6 heteroatoms. The lowest BCUT2D eigenvalue weighted by Crippen LogP contribution is -2.26. The third kappa shape index (κ3) is 3.87. The minimum absolute atomic E-state index is 0.168. The molecule has 25 heavy (non-hydrogen) atoms. The van der Waals surface area contributed by atoms with Gasteiger partial charge in [0, 0.05) is 11.6 Å². The van der Waals surface area contributed by atoms with Crippen molar-refractivity contribution in [3.8, 4) is 11.3 Å². The highest BCUT2D eigenvalue weighted by Crippen LogP contribution is 2.24. The Hall–Kier alpha value is -2.70. The van der Waals surface area contributed by atoms with Crippen LogP contribution in [0.1, 0.15) is 29.1 Å². The number of hydrogen-bond acceptors (Lipinski definition) is 4. The van der Waals surface area contributed by atoms with Gasteiger partial charge in [0.15, 0.2) is 12.0 Å². The molecule has 5 nitrogen and oxygen atoms in total. The van der Waals surface area contributed by atoms with Crippen LogP contribution in [-0.4, -0.2) is 14.7 Å². The molecule has 0 radical (unpaired) electrons. The van der Waals surface area contributed by atoms with E-state index in [-0.39, 0.29) is 16.7 Å². The topological polar surface area (TPSA) is 76.4 Å². The zero-order valence-electron chi connectivity index (χ0n) is 13.5. The van der Waals surface area contributed by atoms with E-state index in [1.807, 2.05) is 30.3 Å². The van der Waals surface area contributed by atoms with Crippen LogP contribution in [0.2, 0.25) is 0 Å². The highest BCUT2D eigenvalue weighted by atomic mass is 32.2. The molecule has 0 saturated heterocycles. The number of carbonyl (C=O) groups excluding carboxylic acids is 1. The number of aldehydes is 1. The van der Waals surface area contributed by atoms with Crippen LogP contribution in [0.4, 0.5) is 0 Å². The zero-order chi connectivity index (χ0) is 17.9. The number of sulfonamides is 1. The van der Waals surface area contributed by atoms with E-state index < -0.39 is 10.0 Å². The summed E-state index contributed by atoms with van der Waals surface area (Å²) in [7, 11) is -3.64. The Bertz CT molecular complexity index is 960. The molecule has 3 rings (SSSR count). The molecule has 0 saturated carbocycles. The molecule has 128 valence electrons. The average Bonchev–Trinajstić information content (AvgIpc) is 3.11. The highest BCUT2D eigenvalue weighted by molar-refractivity contribution is 7.89. The highest BCUT2D eigenvalue weighted by Gasteiger charge is 2.18. The van der Waals surface area contributed by atoms with Crippen LogP contribution >= 0.6 is 0 Å². The Kier molecular flexibility index (Phi) is 4.83. The molecule has 1 atom stereocenters. The van der Waals surface area contributed by atoms with Gasteiger partial charge < -0.3 is 4.42 Å². The zero-order valence-corrected chi connectivity index (χ0v) is 14.4. The number of nitrogens with one attached hydrogen (secondary N) is 1. The van der Waals surface area contributed by atoms with Crippen molar-refractivity contribution in [1.82, 2.24) is 4.72 Å². The molecular weight excluding hydrogens is 338 g/mol. The Morgan fingerprint density at radius 1 is 0.960 bits per heavy atom. The van der Waals surface area contributed by atoms with Crippen molar-refractivity contribution in [2.24, 2.45) is 0 Å². The molecule has 0 fully saturated rings. The van der Waals surface area contributed by atoms with Gasteiger partial charge in [0.05, 0.1) is 4.90 Å². The number of rotatable bonds is 6. The fourth-order valence-corrected chi connectivity index (χ4v) is 3.71. The third-order valence-electron chi connectivity index (χ3n) is 3.82. The van der Waals surface area contributed by atoms with Crippen molar-refractivity contribution in [3.63, 3.8) is 0 Å². The summed E-state index contributed by atoms with van der Waals surface area (Å²) in [6.45, 7) is 1.80. The number of carbonyl (C=O) groups is 1. The van der Waals surface area contributed by atoms with Crippen LogP contribution in [0.3, 0.4) is 0 Å². The van der Waals surface area contributed by atoms with E-state index in [0.29, 0.717) is 17.6 Å². The fourth-order valence-electron chi connectivity index (χ4n) is 2.48. The molecule has 1 N–H and O–H groups in total. The second kappa shape index (κ2) is 7.04. The summed E-state index contributed by atoms with van der Waals surface area (Å²) in [5.41, 5.74) is 1.59. The van der Waals surface area contributed by atoms with E-state index in [0.717, 1.165) is 5.56 Å². The van der Waals surface area contributed by atoms with Gasteiger partial charge in [-0.05, 0) is 48.9 Å². The lowest BCUT2D eigenvalue weighted by Gasteiger charge is -2.14. The van der Waals surface area contributed by atoms with E-state index in [2.05, 4.69) is 4.72 Å². The van der Waals surface area contributed by atoms with E-state index >= 15 is 0 Å². The minimum atomic E-state index is -3.64. The van der Waals surface area contributed by atoms with Gasteiger partial charge in [-0.3, -0.25) is 4.79 Å². The molecule has 0 spiro atoms. The van der Waals surface area contributed by atoms with Gasteiger partial charge in [0.1, 0.15) is 5.76 Å². The SMILES string of the molecule is CC(NS(=O)(=O)c1ccc(-c2ccc(C=O)o2)cc1)c1ccccc1. The van der Waals surface area contributed by atoms with Crippen molar-refractivity contribution in [1.29, 1.82) is 0 Å². The summed E-state index contributed by atoms with van der Waals surface area (Å²) in [6.07, 6.45) is 0.622. The smallest absolute Gasteiger partial charge is 0.241 e. The largest absolute Gasteiger partial charge is 0.453 e. The lowest BCUT2D eigenvalue weighted by atomic mass is 10.1. The van der Waals surface area contributed by atoms with Gasteiger partial charge in [0.2, 0.25) is 10.0 Å². The first kappa shape index (κ1) is 17.1. The van der Waals surface area contributed by atoms with Crippen molar-refractivity contribution in [2.75, 3.05) is 0 Å². The van der Waals surface area contributed by atoms with Gasteiger partial charge in [-0.15, -0.1) is 0 Å². The predicted octanol–water partition coefficient (Wildman–Crippen LogP) is 3.80. The monoisotopic (exact) mass is 355 g/mol. The van der Waals surface area contributed by atoms with Crippen molar-refractivity contribution in [2.45, 2.75) is 17.9 Å². The quantitative estimate of drug-likeness (QED) is 0.682. The molecule has 0 aliphatic heterocycles. The third-order valence-corrected chi connectivity index (χ3v) is 5.38. The first-order valence-electron chi connectivity index (χ1n) is 7.72. The lowest BCUT2D eigenvalue weighted by molar-refractivity contribution is 0.110. The summed E-state index contributed by atoms with van der Waals surface area (Å²) in [5.74, 6) is 0.738. The van der Waals surface area contributed by atoms with E-state index in [1.54, 1.807) is 31.2 Å². The number of hydrogen-bond donors (Lipinski definition) is 1. The summed E-state index contributed by atoms with van der Waals surface area (Å²) >= 11 is 0. The molecule has 0 aliphatic rings. The summed E-state index contributed by atoms with van der Waals surface area (Å²) in [4.78, 5) is 10.8. The van der Waals surface area contributed by atoms with Gasteiger partial charge >= 0.3 is 0 Å². The number of furan rings is 1. The fraction of sp³-hybridized carbons (Fsp3) is 0.105. The molecule has 1 unspecified atom stereocenters. The molecule has 1 aromatic heterocycles. The van der Waals surface area contributed by atoms with E-state index in [9.17, 15) is 13.2 Å². The van der Waals surface area contributed by atoms with Crippen molar-refractivity contribution in [3.05, 3.63) is 78.1 Å². The number of benzene rings is 2. The van der Waals surface area contributed by atoms with Gasteiger partial charge in [-0.1, -0.05) is 30.3 Å². The minimum Gasteiger partial charge on any atom is -0.453 e. The Morgan fingerprint density at radius 2 is 1.64 bits per heavy atom. The second-order valence-corrected chi connectivity index (χ2v) is 7.31. The van der Waals surface area contributed by atoms with Crippen LogP contribution in [0.25, 0.3) is 11.3 Å². The van der Waals surface area contributed by atoms with Crippen LogP contribution in [-0.2, 0) is 10.0 Å². The second-order valence-electron chi connectivity index (χ2n) is 5.60. The predicted molar refractivity (Wildman–Crippen MR) is 94.7 cm³/mol. The van der Waals surface area contributed by atoms with E-state index in [4.69, 9.17) is 4.42 Å². The van der Waals surface area contributed by atoms with Crippen molar-refractivity contribution < 1.29 is 17.6 Å². The maximum Gasteiger partial charge on any atom is 0.241 e. The summed E-state index contributed by atoms with van der Waals surface area (Å²) in [5, 5.41) is 0. The Balaban J connectivity index is 1.79. The Morgan fingerprint density at radius 3 is 2.24 bits per heavy atom. The first-order valence-corrected chi connectivity index (χ1v) is 9.20. The maximum absolute atomic E-state index is 12.5. The molecule has 3 aromatic rings. The van der Waals surface area contributed by atoms with Crippen LogP contribution < -0.4 is 4.72 Å². The summed E-state index contributed by atoms with van der Waals surface area (Å²) in [6, 6.07) is 18.6. The molecule has 0 amide bonds. The van der Waals surface area contributed by atoms with Crippen molar-refractivity contribution >= 4 is 16.3 Å². The van der Waals surface area contributed by atoms with Crippen LogP contribution in [0.5, 0.6) is 0 Å². The maximum atomic E-state index is 12.5.